The highest BCUT2D eigenvalue weighted by Crippen LogP contribution is 2.30. The van der Waals surface area contributed by atoms with Crippen LogP contribution < -0.4 is 4.74 Å². The molecule has 5 heteroatoms. The molecule has 106 valence electrons. The Hall–Kier alpha value is -1.07. The normalized spacial score (nSPS) is 25.2. The number of benzene rings is 1. The maximum absolute atomic E-state index is 12.7. The highest BCUT2D eigenvalue weighted by Gasteiger charge is 2.35. The first-order valence-electron chi connectivity index (χ1n) is 6.64. The van der Waals surface area contributed by atoms with Crippen LogP contribution in [0.2, 0.25) is 0 Å². The van der Waals surface area contributed by atoms with E-state index in [0.717, 1.165) is 19.3 Å². The van der Waals surface area contributed by atoms with Crippen molar-refractivity contribution in [3.63, 3.8) is 0 Å². The minimum Gasteiger partial charge on any atom is -0.497 e. The third-order valence-electron chi connectivity index (χ3n) is 3.75. The minimum atomic E-state index is -3.41. The van der Waals surface area contributed by atoms with Gasteiger partial charge in [0.1, 0.15) is 5.75 Å². The zero-order chi connectivity index (χ0) is 14.0. The van der Waals surface area contributed by atoms with E-state index in [9.17, 15) is 8.42 Å². The second kappa shape index (κ2) is 5.51. The maximum atomic E-state index is 12.7. The van der Waals surface area contributed by atoms with Crippen molar-refractivity contribution in [3.05, 3.63) is 24.3 Å². The topological polar surface area (TPSA) is 46.6 Å². The minimum absolute atomic E-state index is 0.0656. The van der Waals surface area contributed by atoms with Gasteiger partial charge in [0.15, 0.2) is 0 Å². The molecule has 1 aromatic rings. The van der Waals surface area contributed by atoms with Crippen molar-refractivity contribution in [2.24, 2.45) is 0 Å². The summed E-state index contributed by atoms with van der Waals surface area (Å²) in [4.78, 5) is 0.342. The molecule has 0 aliphatic carbocycles. The van der Waals surface area contributed by atoms with Crippen LogP contribution in [-0.4, -0.2) is 31.9 Å². The molecule has 1 heterocycles. The Morgan fingerprint density at radius 1 is 1.11 bits per heavy atom. The van der Waals surface area contributed by atoms with Crippen LogP contribution in [0.5, 0.6) is 5.75 Å². The number of methoxy groups -OCH3 is 1. The smallest absolute Gasteiger partial charge is 0.243 e. The van der Waals surface area contributed by atoms with E-state index in [1.165, 1.54) is 0 Å². The monoisotopic (exact) mass is 283 g/mol. The lowest BCUT2D eigenvalue weighted by Gasteiger charge is -2.37. The number of piperidine rings is 1. The van der Waals surface area contributed by atoms with Crippen LogP contribution in [0.1, 0.15) is 33.1 Å². The van der Waals surface area contributed by atoms with E-state index in [0.29, 0.717) is 10.6 Å². The molecule has 0 bridgehead atoms. The van der Waals surface area contributed by atoms with E-state index in [1.807, 2.05) is 13.8 Å². The van der Waals surface area contributed by atoms with Gasteiger partial charge in [-0.1, -0.05) is 6.42 Å². The van der Waals surface area contributed by atoms with E-state index >= 15 is 0 Å². The van der Waals surface area contributed by atoms with Gasteiger partial charge < -0.3 is 4.74 Å². The summed E-state index contributed by atoms with van der Waals surface area (Å²) in [5.41, 5.74) is 0. The third kappa shape index (κ3) is 2.77. The first-order chi connectivity index (χ1) is 8.96. The first-order valence-corrected chi connectivity index (χ1v) is 8.08. The molecule has 1 aliphatic rings. The van der Waals surface area contributed by atoms with Crippen LogP contribution in [0.25, 0.3) is 0 Å². The highest BCUT2D eigenvalue weighted by atomic mass is 32.2. The Balaban J connectivity index is 2.34. The van der Waals surface area contributed by atoms with Gasteiger partial charge in [0, 0.05) is 12.1 Å². The number of ether oxygens (including phenoxy) is 1. The van der Waals surface area contributed by atoms with Gasteiger partial charge in [-0.15, -0.1) is 0 Å². The molecule has 0 amide bonds. The van der Waals surface area contributed by atoms with Crippen molar-refractivity contribution in [1.29, 1.82) is 0 Å². The highest BCUT2D eigenvalue weighted by molar-refractivity contribution is 7.89. The molecule has 4 nitrogen and oxygen atoms in total. The summed E-state index contributed by atoms with van der Waals surface area (Å²) in [7, 11) is -1.84. The summed E-state index contributed by atoms with van der Waals surface area (Å²) in [6.45, 7) is 3.97. The van der Waals surface area contributed by atoms with Gasteiger partial charge in [-0.2, -0.15) is 4.31 Å². The lowest BCUT2D eigenvalue weighted by atomic mass is 10.0. The van der Waals surface area contributed by atoms with E-state index in [4.69, 9.17) is 4.74 Å². The molecule has 0 saturated carbocycles. The fourth-order valence-electron chi connectivity index (χ4n) is 2.74. The lowest BCUT2D eigenvalue weighted by Crippen LogP contribution is -2.47. The molecule has 19 heavy (non-hydrogen) atoms. The van der Waals surface area contributed by atoms with E-state index < -0.39 is 10.0 Å². The molecule has 2 atom stereocenters. The van der Waals surface area contributed by atoms with Crippen LogP contribution in [0, 0.1) is 0 Å². The third-order valence-corrected chi connectivity index (χ3v) is 5.89. The van der Waals surface area contributed by atoms with Crippen LogP contribution in [0.15, 0.2) is 29.2 Å². The largest absolute Gasteiger partial charge is 0.497 e. The van der Waals surface area contributed by atoms with Gasteiger partial charge in [0.05, 0.1) is 12.0 Å². The predicted molar refractivity (Wildman–Crippen MR) is 74.8 cm³/mol. The molecule has 0 spiro atoms. The Morgan fingerprint density at radius 2 is 1.63 bits per heavy atom. The lowest BCUT2D eigenvalue weighted by molar-refractivity contribution is 0.204. The van der Waals surface area contributed by atoms with Gasteiger partial charge in [0.25, 0.3) is 0 Å². The van der Waals surface area contributed by atoms with E-state index in [2.05, 4.69) is 0 Å². The van der Waals surface area contributed by atoms with Crippen LogP contribution >= 0.6 is 0 Å². The van der Waals surface area contributed by atoms with Crippen molar-refractivity contribution < 1.29 is 13.2 Å². The Morgan fingerprint density at radius 3 is 2.11 bits per heavy atom. The first kappa shape index (κ1) is 14.3. The second-order valence-electron chi connectivity index (χ2n) is 5.14. The summed E-state index contributed by atoms with van der Waals surface area (Å²) in [5.74, 6) is 0.665. The molecule has 1 aliphatic heterocycles. The Labute approximate surface area is 115 Å². The fraction of sp³-hybridized carbons (Fsp3) is 0.571. The van der Waals surface area contributed by atoms with Gasteiger partial charge >= 0.3 is 0 Å². The van der Waals surface area contributed by atoms with E-state index in [-0.39, 0.29) is 12.1 Å². The standard InChI is InChI=1S/C14H21NO3S/c1-11-5-4-6-12(2)15(11)19(16,17)14-9-7-13(18-3)8-10-14/h7-12H,4-6H2,1-3H3/t11-,12-/m1/s1. The van der Waals surface area contributed by atoms with Gasteiger partial charge in [0.2, 0.25) is 10.0 Å². The Kier molecular flexibility index (Phi) is 4.16. The average Bonchev–Trinajstić information content (AvgIpc) is 2.38. The van der Waals surface area contributed by atoms with Crippen molar-refractivity contribution in [2.75, 3.05) is 7.11 Å². The van der Waals surface area contributed by atoms with Crippen molar-refractivity contribution in [2.45, 2.75) is 50.1 Å². The second-order valence-corrected chi connectivity index (χ2v) is 6.98. The molecule has 0 N–H and O–H groups in total. The SMILES string of the molecule is COc1ccc(S(=O)(=O)N2[C@H](C)CCC[C@H]2C)cc1. The fourth-order valence-corrected chi connectivity index (χ4v) is 4.62. The number of nitrogens with zero attached hydrogens (tertiary/aromatic N) is 1. The molecule has 0 radical (unpaired) electrons. The number of hydrogen-bond donors (Lipinski definition) is 0. The quantitative estimate of drug-likeness (QED) is 0.856. The zero-order valence-corrected chi connectivity index (χ0v) is 12.5. The summed E-state index contributed by atoms with van der Waals surface area (Å²) in [6.07, 6.45) is 2.95. The summed E-state index contributed by atoms with van der Waals surface area (Å²) < 4.78 is 32.1. The van der Waals surface area contributed by atoms with E-state index in [1.54, 1.807) is 35.7 Å². The molecule has 2 rings (SSSR count). The number of sulfonamides is 1. The number of rotatable bonds is 3. The predicted octanol–water partition coefficient (Wildman–Crippen LogP) is 2.65. The molecule has 1 fully saturated rings. The number of hydrogen-bond acceptors (Lipinski definition) is 3. The zero-order valence-electron chi connectivity index (χ0n) is 11.7. The van der Waals surface area contributed by atoms with Gasteiger partial charge in [-0.05, 0) is 51.0 Å². The molecule has 1 aromatic carbocycles. The summed E-state index contributed by atoms with van der Waals surface area (Å²) in [5, 5.41) is 0. The van der Waals surface area contributed by atoms with Crippen LogP contribution in [0.4, 0.5) is 0 Å². The van der Waals surface area contributed by atoms with Gasteiger partial charge in [-0.3, -0.25) is 0 Å². The molecular formula is C14H21NO3S. The van der Waals surface area contributed by atoms with Gasteiger partial charge in [-0.25, -0.2) is 8.42 Å². The maximum Gasteiger partial charge on any atom is 0.243 e. The van der Waals surface area contributed by atoms with Crippen molar-refractivity contribution in [1.82, 2.24) is 4.31 Å². The van der Waals surface area contributed by atoms with Crippen molar-refractivity contribution >= 4 is 10.0 Å². The molecule has 1 saturated heterocycles. The summed E-state index contributed by atoms with van der Waals surface area (Å²) >= 11 is 0. The van der Waals surface area contributed by atoms with Crippen LogP contribution in [0.3, 0.4) is 0 Å². The molecule has 0 unspecified atom stereocenters. The van der Waals surface area contributed by atoms with Crippen molar-refractivity contribution in [3.8, 4) is 5.75 Å². The molecular weight excluding hydrogens is 262 g/mol. The van der Waals surface area contributed by atoms with Crippen LogP contribution in [-0.2, 0) is 10.0 Å². The summed E-state index contributed by atoms with van der Waals surface area (Å²) in [6, 6.07) is 6.73. The Bertz CT molecular complexity index is 514. The average molecular weight is 283 g/mol. The molecule has 0 aromatic heterocycles.